The van der Waals surface area contributed by atoms with Crippen LogP contribution in [0.5, 0.6) is 5.75 Å². The molecular formula is C21H18F3NO4S2. The number of halogens is 3. The number of carbonyl (C=O) groups excluding carboxylic acids is 1. The number of hydrogen-bond donors (Lipinski definition) is 1. The molecule has 0 saturated carbocycles. The van der Waals surface area contributed by atoms with E-state index < -0.39 is 17.7 Å². The van der Waals surface area contributed by atoms with E-state index in [4.69, 9.17) is 4.89 Å². The predicted octanol–water partition coefficient (Wildman–Crippen LogP) is 5.78. The number of thioether (sulfide) groups is 1. The summed E-state index contributed by atoms with van der Waals surface area (Å²) in [7, 11) is 0. The van der Waals surface area contributed by atoms with Crippen molar-refractivity contribution in [2.24, 2.45) is 0 Å². The first kappa shape index (κ1) is 23.1. The molecule has 0 aliphatic rings. The zero-order valence-corrected chi connectivity index (χ0v) is 18.2. The minimum Gasteiger partial charge on any atom is -0.390 e. The largest absolute Gasteiger partial charge is 0.416 e. The zero-order valence-electron chi connectivity index (χ0n) is 16.5. The van der Waals surface area contributed by atoms with Crippen LogP contribution in [0.1, 0.15) is 28.6 Å². The fraction of sp³-hybridized carbons (Fsp3) is 0.238. The van der Waals surface area contributed by atoms with Crippen molar-refractivity contribution in [2.45, 2.75) is 37.3 Å². The van der Waals surface area contributed by atoms with Crippen LogP contribution in [-0.4, -0.2) is 16.1 Å². The Morgan fingerprint density at radius 2 is 1.90 bits per heavy atom. The van der Waals surface area contributed by atoms with E-state index in [0.29, 0.717) is 27.8 Å². The molecule has 0 atom stereocenters. The first-order valence-electron chi connectivity index (χ1n) is 9.03. The topological polar surface area (TPSA) is 68.7 Å². The van der Waals surface area contributed by atoms with Crippen LogP contribution in [0.4, 0.5) is 13.2 Å². The summed E-state index contributed by atoms with van der Waals surface area (Å²) in [6.07, 6.45) is -4.39. The van der Waals surface area contributed by atoms with Crippen molar-refractivity contribution < 1.29 is 32.8 Å². The van der Waals surface area contributed by atoms with Crippen molar-refractivity contribution in [3.63, 3.8) is 0 Å². The SMILES string of the molecule is CC(=O)OOc1ccc(SCc2sc(-c3ccc(C(F)(F)F)cc3)nc2CO)cc1C. The summed E-state index contributed by atoms with van der Waals surface area (Å²) in [6, 6.07) is 10.2. The van der Waals surface area contributed by atoms with Gasteiger partial charge in [-0.1, -0.05) is 12.1 Å². The molecule has 0 fully saturated rings. The van der Waals surface area contributed by atoms with Gasteiger partial charge in [-0.25, -0.2) is 9.78 Å². The third-order valence-corrected chi connectivity index (χ3v) is 6.50. The van der Waals surface area contributed by atoms with Gasteiger partial charge in [0.05, 0.1) is 17.9 Å². The molecule has 0 saturated heterocycles. The molecule has 1 N–H and O–H groups in total. The second-order valence-corrected chi connectivity index (χ2v) is 8.63. The molecule has 5 nitrogen and oxygen atoms in total. The molecule has 0 aliphatic carbocycles. The van der Waals surface area contributed by atoms with Gasteiger partial charge in [0.25, 0.3) is 0 Å². The van der Waals surface area contributed by atoms with Gasteiger partial charge in [-0.2, -0.15) is 13.2 Å². The van der Waals surface area contributed by atoms with Crippen LogP contribution < -0.4 is 4.89 Å². The van der Waals surface area contributed by atoms with Gasteiger partial charge in [-0.05, 0) is 42.8 Å². The quantitative estimate of drug-likeness (QED) is 0.269. The first-order chi connectivity index (χ1) is 14.7. The number of aliphatic hydroxyl groups excluding tert-OH is 1. The highest BCUT2D eigenvalue weighted by Crippen LogP contribution is 2.36. The highest BCUT2D eigenvalue weighted by atomic mass is 32.2. The van der Waals surface area contributed by atoms with Gasteiger partial charge in [0.2, 0.25) is 0 Å². The number of aromatic nitrogens is 1. The summed E-state index contributed by atoms with van der Waals surface area (Å²) in [5.41, 5.74) is 1.12. The van der Waals surface area contributed by atoms with Crippen molar-refractivity contribution >= 4 is 29.1 Å². The second kappa shape index (κ2) is 9.71. The Kier molecular flexibility index (Phi) is 7.24. The average Bonchev–Trinajstić information content (AvgIpc) is 3.14. The molecule has 0 radical (unpaired) electrons. The van der Waals surface area contributed by atoms with Crippen LogP contribution in [0.2, 0.25) is 0 Å². The Balaban J connectivity index is 1.72. The van der Waals surface area contributed by atoms with E-state index in [1.54, 1.807) is 6.07 Å². The molecule has 10 heteroatoms. The van der Waals surface area contributed by atoms with Crippen LogP contribution in [0.25, 0.3) is 10.6 Å². The normalized spacial score (nSPS) is 11.4. The van der Waals surface area contributed by atoms with E-state index in [9.17, 15) is 23.1 Å². The molecular weight excluding hydrogens is 451 g/mol. The fourth-order valence-electron chi connectivity index (χ4n) is 2.60. The van der Waals surface area contributed by atoms with Crippen molar-refractivity contribution in [3.8, 4) is 16.3 Å². The summed E-state index contributed by atoms with van der Waals surface area (Å²) < 4.78 is 38.3. The molecule has 0 aliphatic heterocycles. The minimum atomic E-state index is -4.39. The van der Waals surface area contributed by atoms with Crippen molar-refractivity contribution in [1.82, 2.24) is 4.98 Å². The summed E-state index contributed by atoms with van der Waals surface area (Å²) in [5.74, 6) is 0.402. The standard InChI is InChI=1S/C21H18F3NO4S2/c1-12-9-16(7-8-18(12)29-28-13(2)27)30-11-19-17(10-26)25-20(31-19)14-3-5-15(6-4-14)21(22,23)24/h3-9,26H,10-11H2,1-2H3. The number of hydrogen-bond acceptors (Lipinski definition) is 7. The van der Waals surface area contributed by atoms with Gasteiger partial charge in [0, 0.05) is 28.0 Å². The van der Waals surface area contributed by atoms with Crippen LogP contribution in [0, 0.1) is 6.92 Å². The lowest BCUT2D eigenvalue weighted by atomic mass is 10.1. The Labute approximate surface area is 184 Å². The van der Waals surface area contributed by atoms with E-state index >= 15 is 0 Å². The molecule has 1 aromatic heterocycles. The Morgan fingerprint density at radius 1 is 1.19 bits per heavy atom. The average molecular weight is 470 g/mol. The maximum absolute atomic E-state index is 12.8. The van der Waals surface area contributed by atoms with Gasteiger partial charge >= 0.3 is 12.1 Å². The van der Waals surface area contributed by atoms with Gasteiger partial charge in [0.1, 0.15) is 5.01 Å². The molecule has 1 heterocycles. The van der Waals surface area contributed by atoms with Gasteiger partial charge in [-0.15, -0.1) is 23.1 Å². The number of nitrogens with zero attached hydrogens (tertiary/aromatic N) is 1. The molecule has 0 amide bonds. The van der Waals surface area contributed by atoms with E-state index in [2.05, 4.69) is 9.87 Å². The predicted molar refractivity (Wildman–Crippen MR) is 112 cm³/mol. The Morgan fingerprint density at radius 3 is 2.48 bits per heavy atom. The minimum absolute atomic E-state index is 0.263. The number of alkyl halides is 3. The first-order valence-corrected chi connectivity index (χ1v) is 10.8. The molecule has 0 spiro atoms. The van der Waals surface area contributed by atoms with Crippen molar-refractivity contribution in [2.75, 3.05) is 0 Å². The lowest BCUT2D eigenvalue weighted by Gasteiger charge is -2.08. The maximum Gasteiger partial charge on any atom is 0.416 e. The molecule has 3 aromatic rings. The number of aliphatic hydroxyl groups is 1. The highest BCUT2D eigenvalue weighted by Gasteiger charge is 2.30. The maximum atomic E-state index is 12.8. The summed E-state index contributed by atoms with van der Waals surface area (Å²) in [5, 5.41) is 10.2. The number of thiazole rings is 1. The lowest BCUT2D eigenvalue weighted by Crippen LogP contribution is -2.03. The molecule has 3 rings (SSSR count). The molecule has 2 aromatic carbocycles. The van der Waals surface area contributed by atoms with E-state index in [1.165, 1.54) is 42.2 Å². The number of benzene rings is 2. The second-order valence-electron chi connectivity index (χ2n) is 6.50. The third kappa shape index (κ3) is 5.99. The zero-order chi connectivity index (χ0) is 22.6. The summed E-state index contributed by atoms with van der Waals surface area (Å²) >= 11 is 2.84. The molecule has 31 heavy (non-hydrogen) atoms. The number of carbonyl (C=O) groups is 1. The molecule has 0 bridgehead atoms. The van der Waals surface area contributed by atoms with E-state index in [-0.39, 0.29) is 6.61 Å². The van der Waals surface area contributed by atoms with Crippen molar-refractivity contribution in [1.29, 1.82) is 0 Å². The van der Waals surface area contributed by atoms with Crippen LogP contribution in [0.15, 0.2) is 47.4 Å². The monoisotopic (exact) mass is 469 g/mol. The molecule has 0 unspecified atom stereocenters. The summed E-state index contributed by atoms with van der Waals surface area (Å²) in [6.45, 7) is 2.80. The summed E-state index contributed by atoms with van der Waals surface area (Å²) in [4.78, 5) is 26.5. The van der Waals surface area contributed by atoms with E-state index in [0.717, 1.165) is 27.5 Å². The van der Waals surface area contributed by atoms with E-state index in [1.807, 2.05) is 19.1 Å². The Hall–Kier alpha value is -2.56. The number of rotatable bonds is 7. The van der Waals surface area contributed by atoms with Gasteiger partial charge in [0.15, 0.2) is 5.75 Å². The smallest absolute Gasteiger partial charge is 0.390 e. The fourth-order valence-corrected chi connectivity index (χ4v) is 4.77. The van der Waals surface area contributed by atoms with Crippen molar-refractivity contribution in [3.05, 3.63) is 64.2 Å². The molecule has 164 valence electrons. The van der Waals surface area contributed by atoms with Crippen LogP contribution >= 0.6 is 23.1 Å². The van der Waals surface area contributed by atoms with Gasteiger partial charge < -0.3 is 5.11 Å². The lowest BCUT2D eigenvalue weighted by molar-refractivity contribution is -0.211. The Bertz CT molecular complexity index is 1070. The highest BCUT2D eigenvalue weighted by molar-refractivity contribution is 7.98. The van der Waals surface area contributed by atoms with Crippen LogP contribution in [-0.2, 0) is 28.2 Å². The number of aryl methyl sites for hydroxylation is 1. The van der Waals surface area contributed by atoms with Crippen LogP contribution in [0.3, 0.4) is 0 Å². The van der Waals surface area contributed by atoms with Gasteiger partial charge in [-0.3, -0.25) is 9.78 Å². The third-order valence-electron chi connectivity index (χ3n) is 4.15.